The van der Waals surface area contributed by atoms with Gasteiger partial charge in [-0.15, -0.1) is 0 Å². The summed E-state index contributed by atoms with van der Waals surface area (Å²) in [6.45, 7) is 3.28. The minimum absolute atomic E-state index is 0.0185. The van der Waals surface area contributed by atoms with Crippen LogP contribution in [0, 0.1) is 0 Å². The van der Waals surface area contributed by atoms with Gasteiger partial charge in [-0.2, -0.15) is 5.10 Å². The predicted molar refractivity (Wildman–Crippen MR) is 98.5 cm³/mol. The maximum absolute atomic E-state index is 12.4. The first-order chi connectivity index (χ1) is 12.7. The number of rotatable bonds is 4. The van der Waals surface area contributed by atoms with E-state index in [1.54, 1.807) is 21.8 Å². The second-order valence-electron chi connectivity index (χ2n) is 6.80. The zero-order valence-corrected chi connectivity index (χ0v) is 15.0. The monoisotopic (exact) mass is 356 g/mol. The summed E-state index contributed by atoms with van der Waals surface area (Å²) in [7, 11) is 1.82. The summed E-state index contributed by atoms with van der Waals surface area (Å²) in [4.78, 5) is 20.9. The van der Waals surface area contributed by atoms with Crippen LogP contribution in [-0.4, -0.2) is 58.0 Å². The van der Waals surface area contributed by atoms with Gasteiger partial charge in [0.1, 0.15) is 6.10 Å². The second kappa shape index (κ2) is 7.23. The van der Waals surface area contributed by atoms with Gasteiger partial charge in [0, 0.05) is 51.6 Å². The van der Waals surface area contributed by atoms with Gasteiger partial charge in [0.25, 0.3) is 0 Å². The van der Waals surface area contributed by atoms with Crippen molar-refractivity contribution in [3.8, 4) is 5.75 Å². The molecule has 2 aliphatic rings. The van der Waals surface area contributed by atoms with Crippen molar-refractivity contribution in [2.75, 3.05) is 36.4 Å². The van der Waals surface area contributed by atoms with E-state index in [2.05, 4.69) is 20.3 Å². The van der Waals surface area contributed by atoms with Crippen molar-refractivity contribution in [1.82, 2.24) is 19.7 Å². The van der Waals surface area contributed by atoms with E-state index in [1.165, 1.54) is 12.8 Å². The van der Waals surface area contributed by atoms with Crippen LogP contribution in [0.1, 0.15) is 19.3 Å². The minimum Gasteiger partial charge on any atom is -0.485 e. The van der Waals surface area contributed by atoms with Gasteiger partial charge in [0.15, 0.2) is 17.4 Å². The molecule has 4 heterocycles. The molecule has 8 nitrogen and oxygen atoms in total. The molecule has 1 N–H and O–H groups in total. The third kappa shape index (κ3) is 3.58. The fraction of sp³-hybridized carbons (Fsp3) is 0.500. The highest BCUT2D eigenvalue weighted by Gasteiger charge is 2.29. The van der Waals surface area contributed by atoms with Crippen molar-refractivity contribution < 1.29 is 9.53 Å². The molecule has 138 valence electrons. The molecule has 2 saturated heterocycles. The molecule has 2 aromatic heterocycles. The fourth-order valence-corrected chi connectivity index (χ4v) is 3.50. The Bertz CT molecular complexity index is 771. The number of ether oxygens (including phenoxy) is 1. The number of urea groups is 1. The number of aryl methyl sites for hydroxylation is 1. The second-order valence-corrected chi connectivity index (χ2v) is 6.80. The summed E-state index contributed by atoms with van der Waals surface area (Å²) in [5.74, 6) is 2.29. The van der Waals surface area contributed by atoms with Crippen LogP contribution in [0.2, 0.25) is 0 Å². The van der Waals surface area contributed by atoms with Gasteiger partial charge < -0.3 is 14.5 Å². The van der Waals surface area contributed by atoms with Crippen molar-refractivity contribution in [1.29, 1.82) is 0 Å². The maximum atomic E-state index is 12.4. The van der Waals surface area contributed by atoms with Crippen LogP contribution < -0.4 is 15.0 Å². The number of hydrogen-bond donors (Lipinski definition) is 1. The highest BCUT2D eigenvalue weighted by Crippen LogP contribution is 2.30. The van der Waals surface area contributed by atoms with E-state index in [0.717, 1.165) is 31.1 Å². The highest BCUT2D eigenvalue weighted by atomic mass is 16.5. The van der Waals surface area contributed by atoms with Crippen molar-refractivity contribution in [3.63, 3.8) is 0 Å². The molecular weight excluding hydrogens is 332 g/mol. The Morgan fingerprint density at radius 1 is 1.27 bits per heavy atom. The van der Waals surface area contributed by atoms with Crippen LogP contribution in [0.25, 0.3) is 0 Å². The molecule has 2 amide bonds. The fourth-order valence-electron chi connectivity index (χ4n) is 3.50. The highest BCUT2D eigenvalue weighted by molar-refractivity contribution is 5.88. The van der Waals surface area contributed by atoms with Crippen molar-refractivity contribution >= 4 is 17.7 Å². The van der Waals surface area contributed by atoms with E-state index in [4.69, 9.17) is 4.74 Å². The van der Waals surface area contributed by atoms with Crippen LogP contribution in [0.3, 0.4) is 0 Å². The molecule has 2 fully saturated rings. The van der Waals surface area contributed by atoms with Gasteiger partial charge in [-0.25, -0.2) is 9.78 Å². The number of carbonyl (C=O) groups is 1. The van der Waals surface area contributed by atoms with Gasteiger partial charge in [-0.05, 0) is 25.0 Å². The largest absolute Gasteiger partial charge is 0.485 e. The van der Waals surface area contributed by atoms with Gasteiger partial charge >= 0.3 is 6.03 Å². The van der Waals surface area contributed by atoms with E-state index < -0.39 is 0 Å². The Balaban J connectivity index is 1.36. The van der Waals surface area contributed by atoms with Crippen LogP contribution in [0.15, 0.2) is 30.6 Å². The van der Waals surface area contributed by atoms with Crippen molar-refractivity contribution in [3.05, 3.63) is 30.6 Å². The summed E-state index contributed by atoms with van der Waals surface area (Å²) >= 11 is 0. The van der Waals surface area contributed by atoms with Crippen LogP contribution in [0.4, 0.5) is 16.4 Å². The van der Waals surface area contributed by atoms with E-state index in [9.17, 15) is 4.79 Å². The Morgan fingerprint density at radius 2 is 2.12 bits per heavy atom. The number of pyridine rings is 1. The average Bonchev–Trinajstić information content (AvgIpc) is 3.38. The number of aromatic nitrogens is 3. The number of anilines is 2. The van der Waals surface area contributed by atoms with E-state index in [0.29, 0.717) is 18.9 Å². The summed E-state index contributed by atoms with van der Waals surface area (Å²) in [6.07, 6.45) is 6.79. The third-order valence-electron chi connectivity index (χ3n) is 4.83. The Labute approximate surface area is 152 Å². The first-order valence-corrected chi connectivity index (χ1v) is 9.11. The molecule has 1 atom stereocenters. The number of hydrogen-bond acceptors (Lipinski definition) is 5. The van der Waals surface area contributed by atoms with E-state index >= 15 is 0 Å². The lowest BCUT2D eigenvalue weighted by Gasteiger charge is -2.22. The Hall–Kier alpha value is -2.77. The molecule has 26 heavy (non-hydrogen) atoms. The summed E-state index contributed by atoms with van der Waals surface area (Å²) < 4.78 is 7.87. The molecule has 0 radical (unpaired) electrons. The topological polar surface area (TPSA) is 75.5 Å². The zero-order valence-electron chi connectivity index (χ0n) is 15.0. The summed E-state index contributed by atoms with van der Waals surface area (Å²) in [6, 6.07) is 5.51. The number of carbonyl (C=O) groups excluding carboxylic acids is 1. The van der Waals surface area contributed by atoms with E-state index in [1.807, 2.05) is 25.4 Å². The number of likely N-dealkylation sites (tertiary alicyclic amines) is 1. The molecule has 0 aliphatic carbocycles. The third-order valence-corrected chi connectivity index (χ3v) is 4.83. The quantitative estimate of drug-likeness (QED) is 0.908. The molecule has 0 unspecified atom stereocenters. The van der Waals surface area contributed by atoms with Gasteiger partial charge in [0.05, 0.1) is 6.54 Å². The van der Waals surface area contributed by atoms with Gasteiger partial charge in [-0.3, -0.25) is 10.00 Å². The lowest BCUT2D eigenvalue weighted by atomic mass is 10.3. The molecule has 0 saturated carbocycles. The van der Waals surface area contributed by atoms with Crippen molar-refractivity contribution in [2.24, 2.45) is 7.05 Å². The molecular formula is C18H24N6O2. The van der Waals surface area contributed by atoms with Crippen LogP contribution in [-0.2, 0) is 7.05 Å². The van der Waals surface area contributed by atoms with Gasteiger partial charge in [0.2, 0.25) is 0 Å². The standard InChI is InChI=1S/C18H24N6O2/c1-22-11-7-16(21-22)20-18(25)24-12-6-14(13-24)26-15-5-4-8-19-17(15)23-9-2-3-10-23/h4-5,7-8,11,14H,2-3,6,9-10,12-13H2,1H3,(H,20,21,25)/t14-/m0/s1. The maximum Gasteiger partial charge on any atom is 0.323 e. The average molecular weight is 356 g/mol. The molecule has 0 bridgehead atoms. The predicted octanol–water partition coefficient (Wildman–Crippen LogP) is 2.10. The molecule has 2 aliphatic heterocycles. The summed E-state index contributed by atoms with van der Waals surface area (Å²) in [5.41, 5.74) is 0. The first-order valence-electron chi connectivity index (χ1n) is 9.11. The van der Waals surface area contributed by atoms with Crippen LogP contribution in [0.5, 0.6) is 5.75 Å². The SMILES string of the molecule is Cn1ccc(NC(=O)N2CC[C@H](Oc3cccnc3N3CCCC3)C2)n1. The van der Waals surface area contributed by atoms with Crippen LogP contribution >= 0.6 is 0 Å². The molecule has 4 rings (SSSR count). The molecule has 8 heteroatoms. The lowest BCUT2D eigenvalue weighted by molar-refractivity contribution is 0.194. The normalized spacial score (nSPS) is 19.8. The van der Waals surface area contributed by atoms with Gasteiger partial charge in [-0.1, -0.05) is 0 Å². The Kier molecular flexibility index (Phi) is 4.64. The first kappa shape index (κ1) is 16.7. The molecule has 2 aromatic rings. The van der Waals surface area contributed by atoms with E-state index in [-0.39, 0.29) is 12.1 Å². The summed E-state index contributed by atoms with van der Waals surface area (Å²) in [5, 5.41) is 7.00. The Morgan fingerprint density at radius 3 is 2.88 bits per heavy atom. The zero-order chi connectivity index (χ0) is 17.9. The van der Waals surface area contributed by atoms with Crippen molar-refractivity contribution in [2.45, 2.75) is 25.4 Å². The lowest BCUT2D eigenvalue weighted by Crippen LogP contribution is -2.34. The number of amides is 2. The smallest absolute Gasteiger partial charge is 0.323 e. The number of nitrogens with one attached hydrogen (secondary N) is 1. The number of nitrogens with zero attached hydrogens (tertiary/aromatic N) is 5. The molecule has 0 spiro atoms. The minimum atomic E-state index is -0.138. The molecule has 0 aromatic carbocycles.